The van der Waals surface area contributed by atoms with E-state index in [2.05, 4.69) is 30.2 Å². The summed E-state index contributed by atoms with van der Waals surface area (Å²) in [5.41, 5.74) is 1.05. The molecule has 0 radical (unpaired) electrons. The lowest BCUT2D eigenvalue weighted by molar-refractivity contribution is 0.0942. The van der Waals surface area contributed by atoms with E-state index in [-0.39, 0.29) is 11.6 Å². The molecule has 8 nitrogen and oxygen atoms in total. The van der Waals surface area contributed by atoms with Crippen LogP contribution in [0.3, 0.4) is 0 Å². The summed E-state index contributed by atoms with van der Waals surface area (Å²) in [4.78, 5) is 25.5. The lowest BCUT2D eigenvalue weighted by atomic mass is 10.1. The molecule has 1 N–H and O–H groups in total. The van der Waals surface area contributed by atoms with Crippen LogP contribution in [0.2, 0.25) is 5.02 Å². The molecule has 1 aliphatic rings. The molecular formula is C21H23ClN6O2. The Kier molecular flexibility index (Phi) is 6.56. The highest BCUT2D eigenvalue weighted by Crippen LogP contribution is 2.23. The van der Waals surface area contributed by atoms with Crippen LogP contribution in [0.25, 0.3) is 11.3 Å². The van der Waals surface area contributed by atoms with E-state index in [4.69, 9.17) is 16.1 Å². The van der Waals surface area contributed by atoms with Crippen molar-refractivity contribution in [3.05, 3.63) is 59.5 Å². The van der Waals surface area contributed by atoms with Gasteiger partial charge in [-0.15, -0.1) is 0 Å². The van der Waals surface area contributed by atoms with Gasteiger partial charge in [-0.3, -0.25) is 9.69 Å². The second kappa shape index (κ2) is 9.69. The Balaban J connectivity index is 1.18. The first kappa shape index (κ1) is 20.3. The molecule has 1 saturated heterocycles. The summed E-state index contributed by atoms with van der Waals surface area (Å²) in [6.45, 7) is 5.23. The number of amides is 1. The van der Waals surface area contributed by atoms with E-state index in [9.17, 15) is 4.79 Å². The topological polar surface area (TPSA) is 87.4 Å². The Labute approximate surface area is 179 Å². The van der Waals surface area contributed by atoms with Crippen LogP contribution >= 0.6 is 11.6 Å². The van der Waals surface area contributed by atoms with Crippen molar-refractivity contribution in [1.29, 1.82) is 0 Å². The van der Waals surface area contributed by atoms with Gasteiger partial charge in [0.05, 0.1) is 0 Å². The number of rotatable bonds is 7. The van der Waals surface area contributed by atoms with Gasteiger partial charge in [0, 0.05) is 61.8 Å². The monoisotopic (exact) mass is 426 g/mol. The lowest BCUT2D eigenvalue weighted by Crippen LogP contribution is -2.47. The van der Waals surface area contributed by atoms with Crippen LogP contribution in [0.15, 0.2) is 53.3 Å². The van der Waals surface area contributed by atoms with E-state index in [0.717, 1.165) is 50.7 Å². The fourth-order valence-electron chi connectivity index (χ4n) is 3.38. The van der Waals surface area contributed by atoms with Gasteiger partial charge in [0.2, 0.25) is 5.95 Å². The quantitative estimate of drug-likeness (QED) is 0.581. The van der Waals surface area contributed by atoms with Gasteiger partial charge in [-0.25, -0.2) is 9.97 Å². The zero-order chi connectivity index (χ0) is 20.8. The van der Waals surface area contributed by atoms with Crippen LogP contribution in [0.1, 0.15) is 16.9 Å². The number of hydrogen-bond donors (Lipinski definition) is 1. The number of nitrogens with one attached hydrogen (secondary N) is 1. The summed E-state index contributed by atoms with van der Waals surface area (Å²) < 4.78 is 5.28. The summed E-state index contributed by atoms with van der Waals surface area (Å²) in [6.07, 6.45) is 4.40. The maximum Gasteiger partial charge on any atom is 0.273 e. The number of piperazine rings is 1. The minimum absolute atomic E-state index is 0.238. The third-order valence-electron chi connectivity index (χ3n) is 5.00. The zero-order valence-electron chi connectivity index (χ0n) is 16.5. The molecule has 1 aromatic carbocycles. The minimum Gasteiger partial charge on any atom is -0.355 e. The summed E-state index contributed by atoms with van der Waals surface area (Å²) in [5, 5.41) is 7.38. The maximum atomic E-state index is 12.3. The molecule has 0 bridgehead atoms. The number of carbonyl (C=O) groups is 1. The largest absolute Gasteiger partial charge is 0.355 e. The molecule has 3 aromatic rings. The van der Waals surface area contributed by atoms with Crippen molar-refractivity contribution >= 4 is 23.5 Å². The van der Waals surface area contributed by atoms with E-state index in [1.165, 1.54) is 0 Å². The standard InChI is InChI=1S/C21H23ClN6O2/c22-17-5-1-4-16(14-17)19-15-18(26-30-19)20(29)23-8-3-9-27-10-12-28(13-11-27)21-24-6-2-7-25-21/h1-2,4-7,14-15H,3,8-13H2,(H,23,29). The summed E-state index contributed by atoms with van der Waals surface area (Å²) in [7, 11) is 0. The van der Waals surface area contributed by atoms with E-state index in [0.29, 0.717) is 17.3 Å². The highest BCUT2D eigenvalue weighted by atomic mass is 35.5. The molecule has 0 saturated carbocycles. The van der Waals surface area contributed by atoms with Crippen molar-refractivity contribution in [3.8, 4) is 11.3 Å². The fraction of sp³-hybridized carbons (Fsp3) is 0.333. The zero-order valence-corrected chi connectivity index (χ0v) is 17.3. The number of aromatic nitrogens is 3. The normalized spacial score (nSPS) is 14.6. The molecule has 9 heteroatoms. The highest BCUT2D eigenvalue weighted by molar-refractivity contribution is 6.30. The van der Waals surface area contributed by atoms with Gasteiger partial charge in [0.15, 0.2) is 11.5 Å². The van der Waals surface area contributed by atoms with Gasteiger partial charge in [-0.05, 0) is 31.2 Å². The number of hydrogen-bond acceptors (Lipinski definition) is 7. The Morgan fingerprint density at radius 1 is 1.10 bits per heavy atom. The smallest absolute Gasteiger partial charge is 0.273 e. The van der Waals surface area contributed by atoms with Crippen molar-refractivity contribution in [2.24, 2.45) is 0 Å². The molecule has 1 amide bonds. The first-order valence-corrected chi connectivity index (χ1v) is 10.3. The number of benzene rings is 1. The van der Waals surface area contributed by atoms with E-state index in [1.54, 1.807) is 30.6 Å². The fourth-order valence-corrected chi connectivity index (χ4v) is 3.57. The van der Waals surface area contributed by atoms with Crippen molar-refractivity contribution in [2.45, 2.75) is 6.42 Å². The molecule has 30 heavy (non-hydrogen) atoms. The van der Waals surface area contributed by atoms with Crippen LogP contribution < -0.4 is 10.2 Å². The van der Waals surface area contributed by atoms with Crippen LogP contribution in [0, 0.1) is 0 Å². The Bertz CT molecular complexity index is 972. The van der Waals surface area contributed by atoms with Crippen LogP contribution in [0.4, 0.5) is 5.95 Å². The summed E-state index contributed by atoms with van der Waals surface area (Å²) in [5.74, 6) is 1.06. The van der Waals surface area contributed by atoms with Gasteiger partial charge >= 0.3 is 0 Å². The van der Waals surface area contributed by atoms with Crippen molar-refractivity contribution < 1.29 is 9.32 Å². The molecule has 4 rings (SSSR count). The van der Waals surface area contributed by atoms with Crippen LogP contribution in [0.5, 0.6) is 0 Å². The van der Waals surface area contributed by atoms with Crippen molar-refractivity contribution in [1.82, 2.24) is 25.3 Å². The highest BCUT2D eigenvalue weighted by Gasteiger charge is 2.18. The predicted octanol–water partition coefficient (Wildman–Crippen LogP) is 2.73. The van der Waals surface area contributed by atoms with Gasteiger partial charge in [0.25, 0.3) is 5.91 Å². The third kappa shape index (κ3) is 5.14. The first-order chi connectivity index (χ1) is 14.7. The van der Waals surface area contributed by atoms with E-state index >= 15 is 0 Å². The van der Waals surface area contributed by atoms with E-state index in [1.807, 2.05) is 18.2 Å². The molecule has 0 spiro atoms. The molecule has 1 fully saturated rings. The van der Waals surface area contributed by atoms with E-state index < -0.39 is 0 Å². The molecule has 0 unspecified atom stereocenters. The third-order valence-corrected chi connectivity index (χ3v) is 5.23. The number of anilines is 1. The Morgan fingerprint density at radius 2 is 1.90 bits per heavy atom. The molecule has 1 aliphatic heterocycles. The molecule has 2 aromatic heterocycles. The molecule has 0 atom stereocenters. The van der Waals surface area contributed by atoms with Gasteiger partial charge in [-0.2, -0.15) is 0 Å². The van der Waals surface area contributed by atoms with Gasteiger partial charge < -0.3 is 14.7 Å². The SMILES string of the molecule is O=C(NCCCN1CCN(c2ncccn2)CC1)c1cc(-c2cccc(Cl)c2)on1. The van der Waals surface area contributed by atoms with Crippen LogP contribution in [-0.4, -0.2) is 65.2 Å². The average molecular weight is 427 g/mol. The van der Waals surface area contributed by atoms with Gasteiger partial charge in [-0.1, -0.05) is 28.9 Å². The number of carbonyl (C=O) groups excluding carboxylic acids is 1. The minimum atomic E-state index is -0.238. The summed E-state index contributed by atoms with van der Waals surface area (Å²) >= 11 is 6.00. The summed E-state index contributed by atoms with van der Waals surface area (Å²) in [6, 6.07) is 10.7. The second-order valence-electron chi connectivity index (χ2n) is 7.07. The Morgan fingerprint density at radius 3 is 2.67 bits per heavy atom. The average Bonchev–Trinajstić information content (AvgIpc) is 3.28. The van der Waals surface area contributed by atoms with Crippen molar-refractivity contribution in [3.63, 3.8) is 0 Å². The molecule has 156 valence electrons. The maximum absolute atomic E-state index is 12.3. The van der Waals surface area contributed by atoms with Crippen molar-refractivity contribution in [2.75, 3.05) is 44.2 Å². The van der Waals surface area contributed by atoms with Crippen LogP contribution in [-0.2, 0) is 0 Å². The first-order valence-electron chi connectivity index (χ1n) is 9.94. The second-order valence-corrected chi connectivity index (χ2v) is 7.51. The Hall–Kier alpha value is -2.97. The molecular weight excluding hydrogens is 404 g/mol. The molecule has 0 aliphatic carbocycles. The van der Waals surface area contributed by atoms with Gasteiger partial charge in [0.1, 0.15) is 0 Å². The number of nitrogens with zero attached hydrogens (tertiary/aromatic N) is 5. The molecule has 3 heterocycles. The number of halogens is 1. The predicted molar refractivity (Wildman–Crippen MR) is 115 cm³/mol. The lowest BCUT2D eigenvalue weighted by Gasteiger charge is -2.34.